The predicted octanol–water partition coefficient (Wildman–Crippen LogP) is 5.55. The Morgan fingerprint density at radius 1 is 0.586 bits per heavy atom. The number of fused-ring (bicyclic) bond motifs is 6. The van der Waals surface area contributed by atoms with Crippen molar-refractivity contribution in [1.82, 2.24) is 0 Å². The molecule has 4 aliphatic heterocycles. The van der Waals surface area contributed by atoms with Crippen molar-refractivity contribution in [3.05, 3.63) is 117 Å². The largest absolute Gasteiger partial charge is 0.490 e. The Labute approximate surface area is 416 Å². The van der Waals surface area contributed by atoms with Crippen molar-refractivity contribution in [2.45, 2.75) is 57.2 Å². The molecule has 0 bridgehead atoms. The average molecular weight is 1120 g/mol. The lowest BCUT2D eigenvalue weighted by molar-refractivity contribution is -0.115. The van der Waals surface area contributed by atoms with Crippen molar-refractivity contribution < 1.29 is 75.0 Å². The van der Waals surface area contributed by atoms with Gasteiger partial charge in [-0.3, -0.25) is 4.79 Å². The fraction of sp³-hybridized carbons (Fsp3) is 0.409. The van der Waals surface area contributed by atoms with Gasteiger partial charge in [-0.2, -0.15) is 0 Å². The van der Waals surface area contributed by atoms with Crippen LogP contribution in [0.3, 0.4) is 0 Å². The summed E-state index contributed by atoms with van der Waals surface area (Å²) in [4.78, 5) is 10.6. The first-order valence-corrected chi connectivity index (χ1v) is 29.0. The fourth-order valence-electron chi connectivity index (χ4n) is 9.84. The maximum Gasteiger partial charge on any atom is 0.232 e. The van der Waals surface area contributed by atoms with Crippen molar-refractivity contribution >= 4 is 85.7 Å². The quantitative estimate of drug-likeness (QED) is 0.116. The molecule has 380 valence electrons. The summed E-state index contributed by atoms with van der Waals surface area (Å²) >= 11 is 16.5. The number of carbonyl (C=O) groups is 1. The van der Waals surface area contributed by atoms with Gasteiger partial charge in [0.05, 0.1) is 62.8 Å². The van der Waals surface area contributed by atoms with E-state index in [0.717, 1.165) is 24.3 Å². The zero-order chi connectivity index (χ0) is 51.2. The smallest absolute Gasteiger partial charge is 0.232 e. The zero-order valence-electron chi connectivity index (χ0n) is 36.5. The van der Waals surface area contributed by atoms with Crippen LogP contribution in [0.15, 0.2) is 82.6 Å². The molecular weight excluding hydrogens is 1070 g/mol. The van der Waals surface area contributed by atoms with E-state index in [9.17, 15) is 47.2 Å². The summed E-state index contributed by atoms with van der Waals surface area (Å²) in [5, 5.41) is 0.586. The number of nitrogens with two attached hydrogens (primary N) is 2. The summed E-state index contributed by atoms with van der Waals surface area (Å²) in [7, 11) is -16.4. The van der Waals surface area contributed by atoms with Gasteiger partial charge in [-0.05, 0) is 98.5 Å². The standard InChI is InChI=1S/C22H22ClF2NO7S2.C22H22ClF2NO6S3/c23-13-1-3-14(4-2-13)35(30,31)22-8-9-32-18(7-10-34(28,29)12-19(26)27)15(22)11-33-21-17(25)6-5-16(24)20(21)22;23-13-1-3-14(4-2-13)35(29,30)22-8-9-31-18(7-10-34(27,28)12-19(26)33)15(22)11-32-21-17(25)6-5-16(24)20(21)22/h1-6,15,18H,7-12H2,(H2,26,27);1-6,15,18H,7-12H2,(H2,26,33)/t2*15-,18-,22-/m00/s1. The summed E-state index contributed by atoms with van der Waals surface area (Å²) in [6, 6.07) is 14.1. The molecule has 0 aromatic heterocycles. The molecule has 15 nitrogen and oxygen atoms in total. The molecule has 4 aromatic rings. The first kappa shape index (κ1) is 53.7. The fourth-order valence-corrected chi connectivity index (χ4v) is 17.7. The number of thiocarbonyl (C=S) groups is 1. The second-order valence-electron chi connectivity index (χ2n) is 17.0. The van der Waals surface area contributed by atoms with Gasteiger partial charge in [0.15, 0.2) is 62.5 Å². The van der Waals surface area contributed by atoms with Crippen molar-refractivity contribution in [2.24, 2.45) is 23.3 Å². The first-order chi connectivity index (χ1) is 32.8. The van der Waals surface area contributed by atoms with Crippen molar-refractivity contribution in [3.63, 3.8) is 0 Å². The van der Waals surface area contributed by atoms with E-state index in [4.69, 9.17) is 53.6 Å². The number of benzene rings is 4. The van der Waals surface area contributed by atoms with Gasteiger partial charge < -0.3 is 30.4 Å². The zero-order valence-corrected chi connectivity index (χ0v) is 42.1. The van der Waals surface area contributed by atoms with E-state index < -0.39 is 142 Å². The molecule has 2 saturated heterocycles. The number of rotatable bonds is 14. The maximum absolute atomic E-state index is 15.3. The highest BCUT2D eigenvalue weighted by Gasteiger charge is 2.63. The molecule has 70 heavy (non-hydrogen) atoms. The molecule has 0 radical (unpaired) electrons. The van der Waals surface area contributed by atoms with Crippen LogP contribution < -0.4 is 20.9 Å². The third kappa shape index (κ3) is 10.1. The van der Waals surface area contributed by atoms with Crippen molar-refractivity contribution in [1.29, 1.82) is 0 Å². The summed E-state index contributed by atoms with van der Waals surface area (Å²) < 4.78 is 185. The van der Waals surface area contributed by atoms with Crippen LogP contribution in [0.5, 0.6) is 11.5 Å². The number of amides is 1. The summed E-state index contributed by atoms with van der Waals surface area (Å²) in [5.74, 6) is -10.1. The van der Waals surface area contributed by atoms with E-state index in [1.165, 1.54) is 48.5 Å². The maximum atomic E-state index is 15.3. The number of carbonyl (C=O) groups excluding carboxylic acids is 1. The molecule has 0 saturated carbocycles. The molecule has 0 unspecified atom stereocenters. The summed E-state index contributed by atoms with van der Waals surface area (Å²) in [5.41, 5.74) is 9.50. The number of hydrogen-bond acceptors (Lipinski definition) is 14. The minimum absolute atomic E-state index is 0.108. The highest BCUT2D eigenvalue weighted by Crippen LogP contribution is 2.57. The predicted molar refractivity (Wildman–Crippen MR) is 253 cm³/mol. The van der Waals surface area contributed by atoms with Gasteiger partial charge in [0.25, 0.3) is 0 Å². The SMILES string of the molecule is NC(=O)CS(=O)(=O)CC[C@@H]1OCC[C@@]2(S(=O)(=O)c3ccc(Cl)cc3)c3c(F)ccc(F)c3OC[C@@H]12.NC(=S)CS(=O)(=O)CC[C@@H]1OCC[C@@]2(S(=O)(=O)c3ccc(Cl)cc3)c3c(F)ccc(F)c3OC[C@@H]12. The molecule has 2 fully saturated rings. The van der Waals surface area contributed by atoms with Crippen LogP contribution in [-0.4, -0.2) is 106 Å². The first-order valence-electron chi connectivity index (χ1n) is 21.2. The van der Waals surface area contributed by atoms with Gasteiger partial charge in [0.1, 0.15) is 32.6 Å². The molecule has 4 N–H and O–H groups in total. The van der Waals surface area contributed by atoms with Crippen LogP contribution in [0, 0.1) is 35.1 Å². The minimum Gasteiger partial charge on any atom is -0.490 e. The van der Waals surface area contributed by atoms with E-state index in [1.807, 2.05) is 0 Å². The molecule has 6 atom stereocenters. The van der Waals surface area contributed by atoms with Crippen LogP contribution >= 0.6 is 35.4 Å². The number of primary amides is 1. The molecule has 8 rings (SSSR count). The molecule has 0 aliphatic carbocycles. The number of sulfone groups is 4. The number of ether oxygens (including phenoxy) is 4. The third-order valence-electron chi connectivity index (χ3n) is 12.8. The molecule has 0 spiro atoms. The van der Waals surface area contributed by atoms with Gasteiger partial charge in [-0.25, -0.2) is 51.2 Å². The van der Waals surface area contributed by atoms with Crippen LogP contribution in [0.1, 0.15) is 36.8 Å². The normalized spacial score (nSPS) is 24.2. The van der Waals surface area contributed by atoms with Crippen LogP contribution in [0.4, 0.5) is 17.6 Å². The molecule has 4 heterocycles. The van der Waals surface area contributed by atoms with Crippen molar-refractivity contribution in [2.75, 3.05) is 49.4 Å². The van der Waals surface area contributed by atoms with Gasteiger partial charge in [0.2, 0.25) is 5.91 Å². The second kappa shape index (κ2) is 20.4. The van der Waals surface area contributed by atoms with Gasteiger partial charge in [-0.15, -0.1) is 0 Å². The van der Waals surface area contributed by atoms with E-state index in [-0.39, 0.29) is 77.7 Å². The number of hydrogen-bond donors (Lipinski definition) is 2. The number of halogens is 6. The Morgan fingerprint density at radius 3 is 1.30 bits per heavy atom. The second-order valence-corrected chi connectivity index (χ2v) is 27.2. The van der Waals surface area contributed by atoms with E-state index in [1.54, 1.807) is 0 Å². The van der Waals surface area contributed by atoms with E-state index >= 15 is 8.78 Å². The van der Waals surface area contributed by atoms with E-state index in [2.05, 4.69) is 12.2 Å². The van der Waals surface area contributed by atoms with E-state index in [0.29, 0.717) is 5.02 Å². The minimum atomic E-state index is -4.41. The van der Waals surface area contributed by atoms with Crippen LogP contribution in [0.25, 0.3) is 0 Å². The molecule has 26 heteroatoms. The Balaban J connectivity index is 0.000000206. The molecule has 4 aliphatic rings. The van der Waals surface area contributed by atoms with Gasteiger partial charge in [-0.1, -0.05) is 35.4 Å². The Morgan fingerprint density at radius 2 is 0.943 bits per heavy atom. The topological polar surface area (TPSA) is 243 Å². The molecule has 1 amide bonds. The van der Waals surface area contributed by atoms with Gasteiger partial charge in [0, 0.05) is 35.1 Å². The Bertz CT molecular complexity index is 2950. The lowest BCUT2D eigenvalue weighted by Crippen LogP contribution is -2.57. The Hall–Kier alpha value is -4.14. The van der Waals surface area contributed by atoms with Gasteiger partial charge >= 0.3 is 0 Å². The van der Waals surface area contributed by atoms with Crippen LogP contribution in [0.2, 0.25) is 10.0 Å². The summed E-state index contributed by atoms with van der Waals surface area (Å²) in [6.45, 7) is -0.973. The van der Waals surface area contributed by atoms with Crippen LogP contribution in [-0.2, 0) is 63.1 Å². The molecular formula is C44H44Cl2F4N2O13S5. The lowest BCUT2D eigenvalue weighted by atomic mass is 9.75. The highest BCUT2D eigenvalue weighted by atomic mass is 35.5. The highest BCUT2D eigenvalue weighted by molar-refractivity contribution is 7.94. The molecule has 4 aromatic carbocycles. The summed E-state index contributed by atoms with van der Waals surface area (Å²) in [6.07, 6.45) is -2.66. The Kier molecular flexibility index (Phi) is 15.6. The third-order valence-corrected chi connectivity index (χ3v) is 22.0. The lowest BCUT2D eigenvalue weighted by Gasteiger charge is -2.50. The van der Waals surface area contributed by atoms with Crippen molar-refractivity contribution in [3.8, 4) is 11.5 Å². The average Bonchev–Trinajstić information content (AvgIpc) is 3.29. The monoisotopic (exact) mass is 1110 g/mol.